The Morgan fingerprint density at radius 2 is 1.94 bits per heavy atom. The summed E-state index contributed by atoms with van der Waals surface area (Å²) in [5.74, 6) is -0.303. The number of epoxide rings is 1. The summed E-state index contributed by atoms with van der Waals surface area (Å²) in [7, 11) is 1.38. The van der Waals surface area contributed by atoms with Gasteiger partial charge in [0.25, 0.3) is 0 Å². The number of esters is 1. The highest BCUT2D eigenvalue weighted by atomic mass is 16.6. The Hall–Kier alpha value is -1.87. The van der Waals surface area contributed by atoms with Gasteiger partial charge in [-0.25, -0.2) is 4.79 Å². The third-order valence-corrected chi connectivity index (χ3v) is 3.03. The highest BCUT2D eigenvalue weighted by molar-refractivity contribution is 5.84. The lowest BCUT2D eigenvalue weighted by atomic mass is 10.0. The molecule has 2 aromatic carbocycles. The molecule has 1 heterocycles. The quantitative estimate of drug-likeness (QED) is 0.585. The highest BCUT2D eigenvalue weighted by Gasteiger charge is 2.47. The van der Waals surface area contributed by atoms with Crippen LogP contribution in [0.2, 0.25) is 0 Å². The Morgan fingerprint density at radius 3 is 2.71 bits per heavy atom. The molecule has 3 heteroatoms. The minimum atomic E-state index is -0.429. The fourth-order valence-corrected chi connectivity index (χ4v) is 2.05. The van der Waals surface area contributed by atoms with Gasteiger partial charge in [0.2, 0.25) is 0 Å². The molecule has 0 bridgehead atoms. The first-order valence-electron chi connectivity index (χ1n) is 5.51. The van der Waals surface area contributed by atoms with Crippen molar-refractivity contribution in [2.75, 3.05) is 7.11 Å². The molecule has 0 saturated carbocycles. The van der Waals surface area contributed by atoms with Crippen LogP contribution >= 0.6 is 0 Å². The molecule has 0 aromatic heterocycles. The molecule has 0 amide bonds. The summed E-state index contributed by atoms with van der Waals surface area (Å²) >= 11 is 0. The minimum Gasteiger partial charge on any atom is -0.467 e. The lowest BCUT2D eigenvalue weighted by Crippen LogP contribution is -2.09. The summed E-state index contributed by atoms with van der Waals surface area (Å²) in [6.07, 6.45) is -0.576. The molecule has 0 aliphatic carbocycles. The van der Waals surface area contributed by atoms with Crippen molar-refractivity contribution < 1.29 is 14.3 Å². The molecule has 2 aromatic rings. The van der Waals surface area contributed by atoms with Crippen molar-refractivity contribution in [3.8, 4) is 0 Å². The molecular weight excluding hydrogens is 216 g/mol. The van der Waals surface area contributed by atoms with E-state index in [1.807, 2.05) is 30.3 Å². The van der Waals surface area contributed by atoms with Gasteiger partial charge in [-0.2, -0.15) is 0 Å². The smallest absolute Gasteiger partial charge is 0.338 e. The average molecular weight is 228 g/mol. The van der Waals surface area contributed by atoms with Crippen molar-refractivity contribution in [3.05, 3.63) is 48.0 Å². The van der Waals surface area contributed by atoms with Crippen molar-refractivity contribution in [2.24, 2.45) is 0 Å². The predicted octanol–water partition coefficient (Wildman–Crippen LogP) is 2.45. The van der Waals surface area contributed by atoms with Gasteiger partial charge in [0.1, 0.15) is 6.10 Å². The van der Waals surface area contributed by atoms with E-state index in [4.69, 9.17) is 4.74 Å². The van der Waals surface area contributed by atoms with Gasteiger partial charge >= 0.3 is 5.97 Å². The third-order valence-electron chi connectivity index (χ3n) is 3.03. The Morgan fingerprint density at radius 1 is 1.18 bits per heavy atom. The van der Waals surface area contributed by atoms with Crippen LogP contribution in [0, 0.1) is 0 Å². The van der Waals surface area contributed by atoms with E-state index in [1.54, 1.807) is 0 Å². The largest absolute Gasteiger partial charge is 0.467 e. The molecule has 0 N–H and O–H groups in total. The van der Waals surface area contributed by atoms with Gasteiger partial charge in [0, 0.05) is 0 Å². The van der Waals surface area contributed by atoms with Gasteiger partial charge in [-0.1, -0.05) is 36.4 Å². The molecule has 1 aliphatic heterocycles. The zero-order valence-electron chi connectivity index (χ0n) is 9.42. The van der Waals surface area contributed by atoms with Crippen LogP contribution in [0.3, 0.4) is 0 Å². The van der Waals surface area contributed by atoms with Gasteiger partial charge in [-0.3, -0.25) is 0 Å². The Balaban J connectivity index is 1.90. The lowest BCUT2D eigenvalue weighted by molar-refractivity contribution is -0.142. The molecule has 0 spiro atoms. The van der Waals surface area contributed by atoms with Crippen molar-refractivity contribution in [3.63, 3.8) is 0 Å². The first-order chi connectivity index (χ1) is 8.29. The number of hydrogen-bond acceptors (Lipinski definition) is 3. The number of ether oxygens (including phenoxy) is 2. The van der Waals surface area contributed by atoms with E-state index in [0.29, 0.717) is 0 Å². The van der Waals surface area contributed by atoms with Crippen molar-refractivity contribution in [1.82, 2.24) is 0 Å². The maximum absolute atomic E-state index is 11.3. The molecular formula is C14H12O3. The third kappa shape index (κ3) is 1.78. The number of hydrogen-bond donors (Lipinski definition) is 0. The van der Waals surface area contributed by atoms with E-state index in [0.717, 1.165) is 10.9 Å². The second-order valence-electron chi connectivity index (χ2n) is 4.11. The van der Waals surface area contributed by atoms with E-state index in [-0.39, 0.29) is 12.1 Å². The van der Waals surface area contributed by atoms with Crippen LogP contribution in [0.25, 0.3) is 10.8 Å². The van der Waals surface area contributed by atoms with Crippen molar-refractivity contribution in [1.29, 1.82) is 0 Å². The van der Waals surface area contributed by atoms with Crippen LogP contribution in [-0.4, -0.2) is 19.2 Å². The second-order valence-corrected chi connectivity index (χ2v) is 4.11. The van der Waals surface area contributed by atoms with Crippen LogP contribution < -0.4 is 0 Å². The Labute approximate surface area is 99.0 Å². The van der Waals surface area contributed by atoms with Gasteiger partial charge in [0.05, 0.1) is 7.11 Å². The summed E-state index contributed by atoms with van der Waals surface area (Å²) in [5, 5.41) is 2.34. The number of carbonyl (C=O) groups is 1. The van der Waals surface area contributed by atoms with Gasteiger partial charge in [0.15, 0.2) is 6.10 Å². The fourth-order valence-electron chi connectivity index (χ4n) is 2.05. The Kier molecular flexibility index (Phi) is 2.34. The number of rotatable bonds is 2. The summed E-state index contributed by atoms with van der Waals surface area (Å²) in [5.41, 5.74) is 1.03. The molecule has 1 saturated heterocycles. The summed E-state index contributed by atoms with van der Waals surface area (Å²) < 4.78 is 9.98. The molecule has 2 atom stereocenters. The number of carbonyl (C=O) groups excluding carboxylic acids is 1. The topological polar surface area (TPSA) is 38.8 Å². The SMILES string of the molecule is COC(=O)[C@@H]1O[C@@H]1c1ccc2ccccc2c1. The van der Waals surface area contributed by atoms with E-state index in [1.165, 1.54) is 12.5 Å². The van der Waals surface area contributed by atoms with Crippen molar-refractivity contribution in [2.45, 2.75) is 12.2 Å². The van der Waals surface area contributed by atoms with E-state index in [9.17, 15) is 4.79 Å². The fraction of sp³-hybridized carbons (Fsp3) is 0.214. The van der Waals surface area contributed by atoms with Gasteiger partial charge in [-0.15, -0.1) is 0 Å². The van der Waals surface area contributed by atoms with Crippen LogP contribution in [0.15, 0.2) is 42.5 Å². The Bertz CT molecular complexity index is 576. The molecule has 1 fully saturated rings. The van der Waals surface area contributed by atoms with E-state index >= 15 is 0 Å². The van der Waals surface area contributed by atoms with Crippen LogP contribution in [0.4, 0.5) is 0 Å². The maximum Gasteiger partial charge on any atom is 0.338 e. The standard InChI is InChI=1S/C14H12O3/c1-16-14(15)13-12(17-13)11-7-6-9-4-2-3-5-10(9)8-11/h2-8,12-13H,1H3/t12-,13-/m1/s1. The van der Waals surface area contributed by atoms with Crippen LogP contribution in [-0.2, 0) is 14.3 Å². The predicted molar refractivity (Wildman–Crippen MR) is 63.6 cm³/mol. The number of benzene rings is 2. The van der Waals surface area contributed by atoms with Crippen LogP contribution in [0.5, 0.6) is 0 Å². The van der Waals surface area contributed by atoms with Gasteiger partial charge in [-0.05, 0) is 22.4 Å². The highest BCUT2D eigenvalue weighted by Crippen LogP contribution is 2.40. The maximum atomic E-state index is 11.3. The second kappa shape index (κ2) is 3.86. The first kappa shape index (κ1) is 10.3. The van der Waals surface area contributed by atoms with Crippen molar-refractivity contribution >= 4 is 16.7 Å². The first-order valence-corrected chi connectivity index (χ1v) is 5.51. The molecule has 3 rings (SSSR count). The molecule has 0 radical (unpaired) electrons. The molecule has 0 unspecified atom stereocenters. The normalized spacial score (nSPS) is 22.4. The number of fused-ring (bicyclic) bond motifs is 1. The van der Waals surface area contributed by atoms with Gasteiger partial charge < -0.3 is 9.47 Å². The lowest BCUT2D eigenvalue weighted by Gasteiger charge is -2.00. The van der Waals surface area contributed by atoms with Crippen LogP contribution in [0.1, 0.15) is 11.7 Å². The zero-order chi connectivity index (χ0) is 11.8. The minimum absolute atomic E-state index is 0.146. The molecule has 17 heavy (non-hydrogen) atoms. The average Bonchev–Trinajstić information content (AvgIpc) is 3.17. The monoisotopic (exact) mass is 228 g/mol. The summed E-state index contributed by atoms with van der Waals surface area (Å²) in [6.45, 7) is 0. The summed E-state index contributed by atoms with van der Waals surface area (Å²) in [4.78, 5) is 11.3. The van der Waals surface area contributed by atoms with E-state index < -0.39 is 6.10 Å². The molecule has 86 valence electrons. The summed E-state index contributed by atoms with van der Waals surface area (Å²) in [6, 6.07) is 14.2. The number of methoxy groups -OCH3 is 1. The molecule has 1 aliphatic rings. The zero-order valence-corrected chi connectivity index (χ0v) is 9.42. The van der Waals surface area contributed by atoms with E-state index in [2.05, 4.69) is 16.9 Å². The molecule has 3 nitrogen and oxygen atoms in total.